The molecule has 0 radical (unpaired) electrons. The van der Waals surface area contributed by atoms with Gasteiger partial charge in [-0.25, -0.2) is 9.37 Å². The van der Waals surface area contributed by atoms with E-state index in [1.165, 1.54) is 17.7 Å². The van der Waals surface area contributed by atoms with Crippen molar-refractivity contribution in [1.29, 1.82) is 0 Å². The number of rotatable bonds is 5. The lowest BCUT2D eigenvalue weighted by Crippen LogP contribution is -2.50. The van der Waals surface area contributed by atoms with E-state index in [0.717, 1.165) is 30.4 Å². The number of nitrogens with zero attached hydrogens (tertiary/aromatic N) is 4. The van der Waals surface area contributed by atoms with Crippen LogP contribution in [0.1, 0.15) is 30.0 Å². The first-order valence-electron chi connectivity index (χ1n) is 10.5. The average Bonchev–Trinajstić information content (AvgIpc) is 3.22. The van der Waals surface area contributed by atoms with E-state index in [4.69, 9.17) is 4.74 Å². The second-order valence-electron chi connectivity index (χ2n) is 7.75. The lowest BCUT2D eigenvalue weighted by Gasteiger charge is -2.38. The molecule has 0 amide bonds. The second-order valence-corrected chi connectivity index (χ2v) is 7.75. The first-order valence-corrected chi connectivity index (χ1v) is 10.5. The van der Waals surface area contributed by atoms with Crippen molar-refractivity contribution in [3.63, 3.8) is 0 Å². The maximum atomic E-state index is 13.3. The summed E-state index contributed by atoms with van der Waals surface area (Å²) in [5.74, 6) is 1.51. The Hall–Kier alpha value is -2.46. The molecule has 32 heavy (non-hydrogen) atoms. The van der Waals surface area contributed by atoms with Gasteiger partial charge in [0.15, 0.2) is 5.96 Å². The Balaban J connectivity index is 0.00000289. The summed E-state index contributed by atoms with van der Waals surface area (Å²) in [4.78, 5) is 11.2. The Kier molecular flexibility index (Phi) is 8.63. The minimum Gasteiger partial charge on any atom is -0.367 e. The number of benzene rings is 2. The summed E-state index contributed by atoms with van der Waals surface area (Å²) in [7, 11) is 1.78. The fourth-order valence-corrected chi connectivity index (χ4v) is 3.91. The van der Waals surface area contributed by atoms with Gasteiger partial charge in [-0.3, -0.25) is 4.99 Å². The number of aliphatic imine (C=N–C) groups is 1. The number of morpholine rings is 1. The highest BCUT2D eigenvalue weighted by atomic mass is 127. The van der Waals surface area contributed by atoms with Gasteiger partial charge in [0.1, 0.15) is 17.7 Å². The van der Waals surface area contributed by atoms with Crippen molar-refractivity contribution in [2.45, 2.75) is 32.2 Å². The van der Waals surface area contributed by atoms with Gasteiger partial charge in [-0.2, -0.15) is 0 Å². The molecule has 1 saturated heterocycles. The number of aromatic nitrogens is 2. The van der Waals surface area contributed by atoms with Crippen molar-refractivity contribution in [3.05, 3.63) is 89.8 Å². The zero-order valence-corrected chi connectivity index (χ0v) is 20.6. The van der Waals surface area contributed by atoms with Gasteiger partial charge in [0.2, 0.25) is 0 Å². The fraction of sp³-hybridized carbons (Fsp3) is 0.333. The maximum Gasteiger partial charge on any atom is 0.194 e. The van der Waals surface area contributed by atoms with E-state index in [1.807, 2.05) is 37.5 Å². The van der Waals surface area contributed by atoms with E-state index in [9.17, 15) is 4.39 Å². The van der Waals surface area contributed by atoms with Gasteiger partial charge in [0.05, 0.1) is 19.2 Å². The predicted octanol–water partition coefficient (Wildman–Crippen LogP) is 4.23. The largest absolute Gasteiger partial charge is 0.367 e. The van der Waals surface area contributed by atoms with Crippen molar-refractivity contribution in [2.24, 2.45) is 4.99 Å². The molecule has 1 aliphatic rings. The van der Waals surface area contributed by atoms with Crippen LogP contribution in [0.25, 0.3) is 0 Å². The van der Waals surface area contributed by atoms with Gasteiger partial charge < -0.3 is 19.5 Å². The van der Waals surface area contributed by atoms with Gasteiger partial charge in [-0.1, -0.05) is 42.5 Å². The number of nitrogens with one attached hydrogen (secondary N) is 1. The summed E-state index contributed by atoms with van der Waals surface area (Å²) in [6, 6.07) is 16.9. The topological polar surface area (TPSA) is 54.7 Å². The first kappa shape index (κ1) is 24.2. The van der Waals surface area contributed by atoms with Gasteiger partial charge in [0.25, 0.3) is 0 Å². The standard InChI is InChI=1S/C24H28FN5O.HI/c1-18-15-30(17-22(31-18)20-8-10-21(25)11-9-20)24(26-2)28-14-23-27-12-13-29(23)16-19-6-4-3-5-7-19;/h3-13,18,22H,14-17H2,1-2H3,(H,26,28);1H. The maximum absolute atomic E-state index is 13.3. The summed E-state index contributed by atoms with van der Waals surface area (Å²) < 4.78 is 21.6. The Morgan fingerprint density at radius 3 is 2.62 bits per heavy atom. The van der Waals surface area contributed by atoms with Crippen molar-refractivity contribution >= 4 is 29.9 Å². The summed E-state index contributed by atoms with van der Waals surface area (Å²) in [6.07, 6.45) is 3.71. The summed E-state index contributed by atoms with van der Waals surface area (Å²) >= 11 is 0. The normalized spacial score (nSPS) is 18.8. The fourth-order valence-electron chi connectivity index (χ4n) is 3.91. The SMILES string of the molecule is CN=C(NCc1nccn1Cc1ccccc1)N1CC(C)OC(c2ccc(F)cc2)C1.I. The number of imidazole rings is 1. The van der Waals surface area contributed by atoms with Crippen LogP contribution < -0.4 is 5.32 Å². The van der Waals surface area contributed by atoms with Gasteiger partial charge >= 0.3 is 0 Å². The monoisotopic (exact) mass is 549 g/mol. The predicted molar refractivity (Wildman–Crippen MR) is 135 cm³/mol. The summed E-state index contributed by atoms with van der Waals surface area (Å²) in [6.45, 7) is 4.77. The van der Waals surface area contributed by atoms with Crippen molar-refractivity contribution in [1.82, 2.24) is 19.8 Å². The zero-order valence-electron chi connectivity index (χ0n) is 18.3. The van der Waals surface area contributed by atoms with Crippen LogP contribution in [-0.4, -0.2) is 46.7 Å². The average molecular weight is 549 g/mol. The van der Waals surface area contributed by atoms with Crippen LogP contribution >= 0.6 is 24.0 Å². The molecule has 1 fully saturated rings. The molecule has 0 bridgehead atoms. The van der Waals surface area contributed by atoms with Gasteiger partial charge in [-0.15, -0.1) is 24.0 Å². The number of ether oxygens (including phenoxy) is 1. The Labute approximate surface area is 205 Å². The van der Waals surface area contributed by atoms with Gasteiger partial charge in [-0.05, 0) is 30.2 Å². The lowest BCUT2D eigenvalue weighted by molar-refractivity contribution is -0.0605. The molecule has 0 aliphatic carbocycles. The molecule has 6 nitrogen and oxygen atoms in total. The molecule has 2 aromatic carbocycles. The molecule has 0 spiro atoms. The highest BCUT2D eigenvalue weighted by molar-refractivity contribution is 14.0. The van der Waals surface area contributed by atoms with Crippen LogP contribution in [0.4, 0.5) is 4.39 Å². The van der Waals surface area contributed by atoms with E-state index in [1.54, 1.807) is 19.2 Å². The molecule has 1 N–H and O–H groups in total. The molecule has 0 saturated carbocycles. The van der Waals surface area contributed by atoms with Crippen molar-refractivity contribution in [2.75, 3.05) is 20.1 Å². The molecule has 170 valence electrons. The Morgan fingerprint density at radius 2 is 1.91 bits per heavy atom. The quantitative estimate of drug-likeness (QED) is 0.294. The Bertz CT molecular complexity index is 1010. The molecule has 2 atom stereocenters. The first-order chi connectivity index (χ1) is 15.1. The minimum atomic E-state index is -0.243. The van der Waals surface area contributed by atoms with E-state index in [-0.39, 0.29) is 42.0 Å². The van der Waals surface area contributed by atoms with E-state index >= 15 is 0 Å². The number of halogens is 2. The van der Waals surface area contributed by atoms with Crippen LogP contribution in [0.15, 0.2) is 72.0 Å². The highest BCUT2D eigenvalue weighted by Crippen LogP contribution is 2.25. The van der Waals surface area contributed by atoms with E-state index < -0.39 is 0 Å². The molecule has 8 heteroatoms. The van der Waals surface area contributed by atoms with Crippen molar-refractivity contribution in [3.8, 4) is 0 Å². The third kappa shape index (κ3) is 6.07. The van der Waals surface area contributed by atoms with Crippen LogP contribution in [-0.2, 0) is 17.8 Å². The summed E-state index contributed by atoms with van der Waals surface area (Å²) in [5.41, 5.74) is 2.20. The highest BCUT2D eigenvalue weighted by Gasteiger charge is 2.28. The summed E-state index contributed by atoms with van der Waals surface area (Å²) in [5, 5.41) is 3.45. The van der Waals surface area contributed by atoms with E-state index in [0.29, 0.717) is 13.1 Å². The lowest BCUT2D eigenvalue weighted by atomic mass is 10.1. The van der Waals surface area contributed by atoms with Crippen LogP contribution in [0.5, 0.6) is 0 Å². The van der Waals surface area contributed by atoms with Gasteiger partial charge in [0, 0.05) is 32.5 Å². The molecular formula is C24H29FIN5O. The molecule has 2 heterocycles. The molecule has 1 aromatic heterocycles. The smallest absolute Gasteiger partial charge is 0.194 e. The van der Waals surface area contributed by atoms with E-state index in [2.05, 4.69) is 36.9 Å². The van der Waals surface area contributed by atoms with Crippen LogP contribution in [0, 0.1) is 5.82 Å². The molecule has 1 aliphatic heterocycles. The second kappa shape index (κ2) is 11.4. The third-order valence-corrected chi connectivity index (χ3v) is 5.42. The number of guanidine groups is 1. The molecular weight excluding hydrogens is 520 g/mol. The van der Waals surface area contributed by atoms with Crippen molar-refractivity contribution < 1.29 is 9.13 Å². The van der Waals surface area contributed by atoms with Crippen LogP contribution in [0.2, 0.25) is 0 Å². The Morgan fingerprint density at radius 1 is 1.16 bits per heavy atom. The minimum absolute atomic E-state index is 0. The van der Waals surface area contributed by atoms with Crippen LogP contribution in [0.3, 0.4) is 0 Å². The number of hydrogen-bond acceptors (Lipinski definition) is 3. The third-order valence-electron chi connectivity index (χ3n) is 5.42. The molecule has 3 aromatic rings. The molecule has 2 unspecified atom stereocenters. The molecule has 4 rings (SSSR count). The zero-order chi connectivity index (χ0) is 21.6. The number of hydrogen-bond donors (Lipinski definition) is 1.